The maximum absolute atomic E-state index is 11.7. The highest BCUT2D eigenvalue weighted by atomic mass is 16.1. The molecule has 1 aliphatic rings. The lowest BCUT2D eigenvalue weighted by Crippen LogP contribution is -2.37. The van der Waals surface area contributed by atoms with Gasteiger partial charge in [-0.05, 0) is 25.5 Å². The molecule has 2 rings (SSSR count). The summed E-state index contributed by atoms with van der Waals surface area (Å²) in [5.41, 5.74) is 7.80. The van der Waals surface area contributed by atoms with Gasteiger partial charge in [-0.1, -0.05) is 18.2 Å². The number of nitrogens with one attached hydrogen (secondary N) is 2. The predicted molar refractivity (Wildman–Crippen MR) is 77.2 cm³/mol. The van der Waals surface area contributed by atoms with Crippen LogP contribution in [0.25, 0.3) is 0 Å². The van der Waals surface area contributed by atoms with Gasteiger partial charge in [-0.3, -0.25) is 9.79 Å². The maximum Gasteiger partial charge on any atom is 0.225 e. The number of hydrogen-bond acceptors (Lipinski definition) is 2. The molecule has 0 fully saturated rings. The summed E-state index contributed by atoms with van der Waals surface area (Å²) in [5.74, 6) is 0.560. The first-order valence-corrected chi connectivity index (χ1v) is 6.51. The lowest BCUT2D eigenvalue weighted by molar-refractivity contribution is -0.116. The van der Waals surface area contributed by atoms with Crippen molar-refractivity contribution in [2.75, 3.05) is 11.9 Å². The average molecular weight is 260 g/mol. The van der Waals surface area contributed by atoms with Gasteiger partial charge in [-0.15, -0.1) is 0 Å². The third kappa shape index (κ3) is 3.47. The quantitative estimate of drug-likeness (QED) is 0.568. The standard InChI is InChI=1S/C14H20N4O/c1-9(2)17-14(15)16-8-10-7-13(19)18-12-6-4-3-5-11(10)12/h3-6,9-10H,7-8H2,1-2H3,(H,18,19)(H3,15,16,17). The third-order valence-electron chi connectivity index (χ3n) is 3.03. The number of nitrogens with two attached hydrogens (primary N) is 1. The molecule has 1 aromatic carbocycles. The van der Waals surface area contributed by atoms with Crippen molar-refractivity contribution in [1.29, 1.82) is 0 Å². The number of hydrogen-bond donors (Lipinski definition) is 3. The van der Waals surface area contributed by atoms with Gasteiger partial charge < -0.3 is 16.4 Å². The van der Waals surface area contributed by atoms with Crippen LogP contribution in [0.2, 0.25) is 0 Å². The molecule has 0 aliphatic carbocycles. The number of amides is 1. The van der Waals surface area contributed by atoms with E-state index in [4.69, 9.17) is 5.73 Å². The molecule has 0 saturated heterocycles. The summed E-state index contributed by atoms with van der Waals surface area (Å²) < 4.78 is 0. The van der Waals surface area contributed by atoms with E-state index < -0.39 is 0 Å². The zero-order valence-corrected chi connectivity index (χ0v) is 11.3. The minimum absolute atomic E-state index is 0.0364. The highest BCUT2D eigenvalue weighted by Crippen LogP contribution is 2.31. The summed E-state index contributed by atoms with van der Waals surface area (Å²) in [4.78, 5) is 16.0. The highest BCUT2D eigenvalue weighted by Gasteiger charge is 2.24. The zero-order valence-electron chi connectivity index (χ0n) is 11.3. The van der Waals surface area contributed by atoms with Gasteiger partial charge >= 0.3 is 0 Å². The van der Waals surface area contributed by atoms with Crippen LogP contribution in [0.5, 0.6) is 0 Å². The van der Waals surface area contributed by atoms with Crippen LogP contribution in [0.4, 0.5) is 5.69 Å². The van der Waals surface area contributed by atoms with E-state index >= 15 is 0 Å². The summed E-state index contributed by atoms with van der Waals surface area (Å²) in [5, 5.41) is 5.92. The number of carbonyl (C=O) groups is 1. The Morgan fingerprint density at radius 1 is 1.53 bits per heavy atom. The van der Waals surface area contributed by atoms with Gasteiger partial charge in [0.1, 0.15) is 0 Å². The molecule has 1 atom stereocenters. The Hall–Kier alpha value is -2.04. The molecule has 102 valence electrons. The first-order valence-electron chi connectivity index (χ1n) is 6.51. The lowest BCUT2D eigenvalue weighted by atomic mass is 9.91. The summed E-state index contributed by atoms with van der Waals surface area (Å²) in [6.07, 6.45) is 0.454. The van der Waals surface area contributed by atoms with Gasteiger partial charge in [0.05, 0.1) is 6.54 Å². The summed E-state index contributed by atoms with van der Waals surface area (Å²) in [7, 11) is 0. The maximum atomic E-state index is 11.7. The van der Waals surface area contributed by atoms with Crippen molar-refractivity contribution in [1.82, 2.24) is 5.32 Å². The number of rotatable bonds is 3. The smallest absolute Gasteiger partial charge is 0.225 e. The Morgan fingerprint density at radius 2 is 2.26 bits per heavy atom. The molecule has 1 aromatic rings. The second kappa shape index (κ2) is 5.73. The number of aliphatic imine (C=N–C) groups is 1. The van der Waals surface area contributed by atoms with E-state index in [1.807, 2.05) is 38.1 Å². The molecule has 1 amide bonds. The minimum Gasteiger partial charge on any atom is -0.370 e. The molecular weight excluding hydrogens is 240 g/mol. The van der Waals surface area contributed by atoms with Crippen molar-refractivity contribution in [2.45, 2.75) is 32.2 Å². The van der Waals surface area contributed by atoms with E-state index in [1.165, 1.54) is 0 Å². The number of anilines is 1. The number of nitrogens with zero attached hydrogens (tertiary/aromatic N) is 1. The molecule has 5 nitrogen and oxygen atoms in total. The highest BCUT2D eigenvalue weighted by molar-refractivity contribution is 5.94. The normalized spacial score (nSPS) is 19.0. The Labute approximate surface area is 113 Å². The van der Waals surface area contributed by atoms with Crippen LogP contribution in [0.3, 0.4) is 0 Å². The Morgan fingerprint density at radius 3 is 3.00 bits per heavy atom. The Balaban J connectivity index is 2.11. The monoisotopic (exact) mass is 260 g/mol. The van der Waals surface area contributed by atoms with Crippen molar-refractivity contribution in [2.24, 2.45) is 10.7 Å². The van der Waals surface area contributed by atoms with Gasteiger partial charge in [0, 0.05) is 24.1 Å². The topological polar surface area (TPSA) is 79.5 Å². The molecular formula is C14H20N4O. The van der Waals surface area contributed by atoms with Crippen molar-refractivity contribution in [3.05, 3.63) is 29.8 Å². The van der Waals surface area contributed by atoms with E-state index in [9.17, 15) is 4.79 Å². The van der Waals surface area contributed by atoms with E-state index in [0.717, 1.165) is 11.3 Å². The van der Waals surface area contributed by atoms with Crippen LogP contribution in [-0.2, 0) is 4.79 Å². The molecule has 0 aromatic heterocycles. The van der Waals surface area contributed by atoms with Gasteiger partial charge in [0.15, 0.2) is 5.96 Å². The van der Waals surface area contributed by atoms with Gasteiger partial charge in [-0.25, -0.2) is 0 Å². The molecule has 0 bridgehead atoms. The Kier molecular flexibility index (Phi) is 4.04. The van der Waals surface area contributed by atoms with Crippen LogP contribution in [0.1, 0.15) is 31.7 Å². The van der Waals surface area contributed by atoms with Crippen molar-refractivity contribution in [3.63, 3.8) is 0 Å². The summed E-state index contributed by atoms with van der Waals surface area (Å²) >= 11 is 0. The molecule has 1 aliphatic heterocycles. The van der Waals surface area contributed by atoms with Crippen molar-refractivity contribution in [3.8, 4) is 0 Å². The zero-order chi connectivity index (χ0) is 13.8. The van der Waals surface area contributed by atoms with Gasteiger partial charge in [0.2, 0.25) is 5.91 Å². The summed E-state index contributed by atoms with van der Waals surface area (Å²) in [6.45, 7) is 4.54. The second-order valence-corrected chi connectivity index (χ2v) is 5.06. The first-order chi connectivity index (χ1) is 9.06. The number of fused-ring (bicyclic) bond motifs is 1. The first kappa shape index (κ1) is 13.4. The SMILES string of the molecule is CC(C)NC(N)=NCC1CC(=O)Nc2ccccc21. The number of guanidine groups is 1. The van der Waals surface area contributed by atoms with Crippen LogP contribution < -0.4 is 16.4 Å². The van der Waals surface area contributed by atoms with Gasteiger partial charge in [-0.2, -0.15) is 0 Å². The van der Waals surface area contributed by atoms with Crippen LogP contribution >= 0.6 is 0 Å². The molecule has 1 heterocycles. The lowest BCUT2D eigenvalue weighted by Gasteiger charge is -2.24. The van der Waals surface area contributed by atoms with Crippen LogP contribution in [0.15, 0.2) is 29.3 Å². The van der Waals surface area contributed by atoms with Crippen molar-refractivity contribution >= 4 is 17.6 Å². The van der Waals surface area contributed by atoms with Crippen molar-refractivity contribution < 1.29 is 4.79 Å². The van der Waals surface area contributed by atoms with E-state index in [0.29, 0.717) is 18.9 Å². The Bertz CT molecular complexity index is 496. The molecule has 1 unspecified atom stereocenters. The average Bonchev–Trinajstić information content (AvgIpc) is 2.35. The van der Waals surface area contributed by atoms with E-state index in [2.05, 4.69) is 15.6 Å². The fourth-order valence-electron chi connectivity index (χ4n) is 2.21. The number of carbonyl (C=O) groups excluding carboxylic acids is 1. The number of para-hydroxylation sites is 1. The molecule has 19 heavy (non-hydrogen) atoms. The largest absolute Gasteiger partial charge is 0.370 e. The summed E-state index contributed by atoms with van der Waals surface area (Å²) in [6, 6.07) is 8.09. The molecule has 5 heteroatoms. The minimum atomic E-state index is 0.0364. The fourth-order valence-corrected chi connectivity index (χ4v) is 2.21. The van der Waals surface area contributed by atoms with E-state index in [1.54, 1.807) is 0 Å². The molecule has 4 N–H and O–H groups in total. The van der Waals surface area contributed by atoms with E-state index in [-0.39, 0.29) is 17.9 Å². The molecule has 0 saturated carbocycles. The molecule has 0 spiro atoms. The predicted octanol–water partition coefficient (Wildman–Crippen LogP) is 1.43. The molecule has 0 radical (unpaired) electrons. The van der Waals surface area contributed by atoms with Crippen LogP contribution in [0, 0.1) is 0 Å². The van der Waals surface area contributed by atoms with Gasteiger partial charge in [0.25, 0.3) is 0 Å². The number of benzene rings is 1. The fraction of sp³-hybridized carbons (Fsp3) is 0.429. The third-order valence-corrected chi connectivity index (χ3v) is 3.03. The van der Waals surface area contributed by atoms with Crippen LogP contribution in [-0.4, -0.2) is 24.5 Å². The second-order valence-electron chi connectivity index (χ2n) is 5.06.